The molecule has 1 saturated carbocycles. The van der Waals surface area contributed by atoms with E-state index >= 15 is 0 Å². The van der Waals surface area contributed by atoms with Gasteiger partial charge in [-0.3, -0.25) is 4.79 Å². The number of ether oxygens (including phenoxy) is 1. The van der Waals surface area contributed by atoms with Crippen molar-refractivity contribution in [3.05, 3.63) is 52.7 Å². The summed E-state index contributed by atoms with van der Waals surface area (Å²) in [6.45, 7) is 2.81. The van der Waals surface area contributed by atoms with Crippen molar-refractivity contribution in [3.8, 4) is 5.88 Å². The predicted molar refractivity (Wildman–Crippen MR) is 138 cm³/mol. The molecule has 0 radical (unpaired) electrons. The molecule has 1 aromatic carbocycles. The lowest BCUT2D eigenvalue weighted by molar-refractivity contribution is 0.0949. The van der Waals surface area contributed by atoms with Crippen LogP contribution in [0.2, 0.25) is 5.02 Å². The Morgan fingerprint density at radius 3 is 2.56 bits per heavy atom. The van der Waals surface area contributed by atoms with Crippen molar-refractivity contribution in [2.24, 2.45) is 0 Å². The standard InChI is InChI=1S/C25H33ClN4O5S/c1-2-3-15-35-24-22(16-19(26)17-28-24)23(31)27-14-13-18-9-11-21(12-10-18)36(33,34)30-25(32)29-20-7-5-4-6-8-20/h9-12,16-17,20H,2-8,13-15H2,1H3,(H,27,31)(H2,29,30,32). The second-order valence-corrected chi connectivity index (χ2v) is 10.9. The Hall–Kier alpha value is -2.85. The van der Waals surface area contributed by atoms with E-state index in [1.807, 2.05) is 6.92 Å². The zero-order chi connectivity index (χ0) is 26.0. The molecule has 0 atom stereocenters. The third kappa shape index (κ3) is 8.37. The fraction of sp³-hybridized carbons (Fsp3) is 0.480. The zero-order valence-corrected chi connectivity index (χ0v) is 22.0. The number of carbonyl (C=O) groups is 2. The molecular formula is C25H33ClN4O5S. The van der Waals surface area contributed by atoms with E-state index in [2.05, 4.69) is 20.3 Å². The van der Waals surface area contributed by atoms with Crippen LogP contribution in [0.1, 0.15) is 67.8 Å². The highest BCUT2D eigenvalue weighted by atomic mass is 35.5. The number of hydrogen-bond acceptors (Lipinski definition) is 6. The molecule has 3 rings (SSSR count). The van der Waals surface area contributed by atoms with Gasteiger partial charge in [0.1, 0.15) is 5.56 Å². The molecule has 0 spiro atoms. The van der Waals surface area contributed by atoms with E-state index in [4.69, 9.17) is 16.3 Å². The van der Waals surface area contributed by atoms with Gasteiger partial charge >= 0.3 is 6.03 Å². The first-order chi connectivity index (χ1) is 17.3. The van der Waals surface area contributed by atoms with Gasteiger partial charge in [-0.05, 0) is 49.4 Å². The van der Waals surface area contributed by atoms with Gasteiger partial charge in [0.25, 0.3) is 15.9 Å². The summed E-state index contributed by atoms with van der Waals surface area (Å²) in [6.07, 6.45) is 8.63. The third-order valence-corrected chi connectivity index (χ3v) is 7.45. The van der Waals surface area contributed by atoms with E-state index in [9.17, 15) is 18.0 Å². The SMILES string of the molecule is CCCCOc1ncc(Cl)cc1C(=O)NCCc1ccc(S(=O)(=O)NC(=O)NC2CCCCC2)cc1. The summed E-state index contributed by atoms with van der Waals surface area (Å²) >= 11 is 6.01. The van der Waals surface area contributed by atoms with E-state index in [0.717, 1.165) is 50.5 Å². The fourth-order valence-corrected chi connectivity index (χ4v) is 4.98. The average Bonchev–Trinajstić information content (AvgIpc) is 2.85. The Morgan fingerprint density at radius 2 is 1.86 bits per heavy atom. The lowest BCUT2D eigenvalue weighted by Crippen LogP contribution is -2.45. The molecule has 0 unspecified atom stereocenters. The Balaban J connectivity index is 1.51. The van der Waals surface area contributed by atoms with Crippen molar-refractivity contribution in [3.63, 3.8) is 0 Å². The van der Waals surface area contributed by atoms with Gasteiger partial charge in [0.05, 0.1) is 16.5 Å². The Labute approximate surface area is 217 Å². The zero-order valence-electron chi connectivity index (χ0n) is 20.4. The number of rotatable bonds is 11. The number of benzene rings is 1. The van der Waals surface area contributed by atoms with Crippen LogP contribution in [0, 0.1) is 0 Å². The molecule has 1 aliphatic carbocycles. The molecule has 1 fully saturated rings. The number of nitrogens with one attached hydrogen (secondary N) is 3. The van der Waals surface area contributed by atoms with Gasteiger partial charge in [-0.15, -0.1) is 0 Å². The highest BCUT2D eigenvalue weighted by Crippen LogP contribution is 2.20. The van der Waals surface area contributed by atoms with Gasteiger partial charge < -0.3 is 15.4 Å². The minimum atomic E-state index is -3.98. The van der Waals surface area contributed by atoms with E-state index in [-0.39, 0.29) is 28.3 Å². The normalized spacial score (nSPS) is 14.2. The predicted octanol–water partition coefficient (Wildman–Crippen LogP) is 4.21. The van der Waals surface area contributed by atoms with Gasteiger partial charge in [-0.25, -0.2) is 22.9 Å². The molecule has 0 aliphatic heterocycles. The van der Waals surface area contributed by atoms with Gasteiger partial charge in [-0.2, -0.15) is 0 Å². The Bertz CT molecular complexity index is 1140. The summed E-state index contributed by atoms with van der Waals surface area (Å²) in [5, 5.41) is 5.89. The smallest absolute Gasteiger partial charge is 0.328 e. The van der Waals surface area contributed by atoms with E-state index in [1.54, 1.807) is 12.1 Å². The van der Waals surface area contributed by atoms with Crippen LogP contribution >= 0.6 is 11.6 Å². The summed E-state index contributed by atoms with van der Waals surface area (Å²) in [5.74, 6) is -0.121. The van der Waals surface area contributed by atoms with Crippen molar-refractivity contribution in [2.45, 2.75) is 69.2 Å². The molecule has 3 N–H and O–H groups in total. The Kier molecular flexibility index (Phi) is 10.4. The molecule has 2 aromatic rings. The van der Waals surface area contributed by atoms with Crippen LogP contribution in [0.3, 0.4) is 0 Å². The summed E-state index contributed by atoms with van der Waals surface area (Å²) < 4.78 is 32.8. The number of aromatic nitrogens is 1. The maximum Gasteiger partial charge on any atom is 0.328 e. The second kappa shape index (κ2) is 13.5. The van der Waals surface area contributed by atoms with Crippen molar-refractivity contribution in [1.82, 2.24) is 20.3 Å². The number of hydrogen-bond donors (Lipinski definition) is 3. The van der Waals surface area contributed by atoms with Gasteiger partial charge in [0.15, 0.2) is 0 Å². The average molecular weight is 537 g/mol. The molecule has 0 bridgehead atoms. The van der Waals surface area contributed by atoms with Gasteiger partial charge in [0, 0.05) is 18.8 Å². The second-order valence-electron chi connectivity index (χ2n) is 8.77. The summed E-state index contributed by atoms with van der Waals surface area (Å²) in [7, 11) is -3.98. The molecule has 3 amide bonds. The fourth-order valence-electron chi connectivity index (χ4n) is 3.91. The molecule has 36 heavy (non-hydrogen) atoms. The quantitative estimate of drug-likeness (QED) is 0.369. The van der Waals surface area contributed by atoms with E-state index in [0.29, 0.717) is 24.6 Å². The molecule has 1 aliphatic rings. The van der Waals surface area contributed by atoms with Crippen LogP contribution in [0.5, 0.6) is 5.88 Å². The largest absolute Gasteiger partial charge is 0.477 e. The van der Waals surface area contributed by atoms with Gasteiger partial charge in [-0.1, -0.05) is 56.3 Å². The summed E-state index contributed by atoms with van der Waals surface area (Å²) in [4.78, 5) is 28.9. The van der Waals surface area contributed by atoms with Crippen molar-refractivity contribution >= 4 is 33.6 Å². The monoisotopic (exact) mass is 536 g/mol. The summed E-state index contributed by atoms with van der Waals surface area (Å²) in [6, 6.07) is 7.00. The van der Waals surface area contributed by atoms with Crippen molar-refractivity contribution in [1.29, 1.82) is 0 Å². The summed E-state index contributed by atoms with van der Waals surface area (Å²) in [5.41, 5.74) is 1.09. The number of nitrogens with zero attached hydrogens (tertiary/aromatic N) is 1. The number of carbonyl (C=O) groups excluding carboxylic acids is 2. The first kappa shape index (κ1) is 27.7. The minimum absolute atomic E-state index is 0.00653. The molecule has 1 heterocycles. The number of pyridine rings is 1. The van der Waals surface area contributed by atoms with Gasteiger partial charge in [0.2, 0.25) is 5.88 Å². The lowest BCUT2D eigenvalue weighted by Gasteiger charge is -2.22. The van der Waals surface area contributed by atoms with Crippen molar-refractivity contribution in [2.75, 3.05) is 13.2 Å². The number of sulfonamides is 1. The maximum atomic E-state index is 12.7. The van der Waals surface area contributed by atoms with Crippen LogP contribution in [-0.2, 0) is 16.4 Å². The van der Waals surface area contributed by atoms with E-state index in [1.165, 1.54) is 24.4 Å². The number of amides is 3. The molecule has 11 heteroatoms. The number of urea groups is 1. The molecule has 196 valence electrons. The van der Waals surface area contributed by atoms with Crippen LogP contribution in [0.25, 0.3) is 0 Å². The van der Waals surface area contributed by atoms with Crippen LogP contribution in [-0.4, -0.2) is 44.5 Å². The van der Waals surface area contributed by atoms with Crippen LogP contribution < -0.4 is 20.1 Å². The molecule has 0 saturated heterocycles. The third-order valence-electron chi connectivity index (χ3n) is 5.90. The number of halogens is 1. The van der Waals surface area contributed by atoms with Crippen LogP contribution in [0.15, 0.2) is 41.4 Å². The van der Waals surface area contributed by atoms with E-state index < -0.39 is 16.1 Å². The minimum Gasteiger partial charge on any atom is -0.477 e. The lowest BCUT2D eigenvalue weighted by atomic mass is 9.96. The molecule has 1 aromatic heterocycles. The topological polar surface area (TPSA) is 126 Å². The number of unbranched alkanes of at least 4 members (excludes halogenated alkanes) is 1. The first-order valence-electron chi connectivity index (χ1n) is 12.3. The maximum absolute atomic E-state index is 12.7. The molecule has 9 nitrogen and oxygen atoms in total. The Morgan fingerprint density at radius 1 is 1.14 bits per heavy atom. The first-order valence-corrected chi connectivity index (χ1v) is 14.1. The van der Waals surface area contributed by atoms with Crippen molar-refractivity contribution < 1.29 is 22.7 Å². The highest BCUT2D eigenvalue weighted by Gasteiger charge is 2.21. The van der Waals surface area contributed by atoms with Crippen LogP contribution in [0.4, 0.5) is 4.79 Å². The molecular weight excluding hydrogens is 504 g/mol. The highest BCUT2D eigenvalue weighted by molar-refractivity contribution is 7.90.